The highest BCUT2D eigenvalue weighted by Gasteiger charge is 2.23. The van der Waals surface area contributed by atoms with E-state index in [0.29, 0.717) is 0 Å². The number of fused-ring (bicyclic) bond motifs is 5. The van der Waals surface area contributed by atoms with Crippen molar-refractivity contribution in [2.75, 3.05) is 4.90 Å². The van der Waals surface area contributed by atoms with Gasteiger partial charge >= 0.3 is 0 Å². The van der Waals surface area contributed by atoms with Gasteiger partial charge in [0, 0.05) is 22.3 Å². The van der Waals surface area contributed by atoms with Crippen LogP contribution in [0.3, 0.4) is 0 Å². The van der Waals surface area contributed by atoms with E-state index in [-0.39, 0.29) is 0 Å². The molecule has 0 fully saturated rings. The summed E-state index contributed by atoms with van der Waals surface area (Å²) in [5, 5.41) is 7.04. The highest BCUT2D eigenvalue weighted by molar-refractivity contribution is 6.18. The van der Waals surface area contributed by atoms with E-state index < -0.39 is 0 Å². The summed E-state index contributed by atoms with van der Waals surface area (Å²) in [6.07, 6.45) is 0. The second-order valence-electron chi connectivity index (χ2n) is 18.0. The lowest BCUT2D eigenvalue weighted by Crippen LogP contribution is -2.10. The summed E-state index contributed by atoms with van der Waals surface area (Å²) in [4.78, 5) is 2.39. The lowest BCUT2D eigenvalue weighted by Gasteiger charge is -2.27. The summed E-state index contributed by atoms with van der Waals surface area (Å²) in [6, 6.07) is 98.5. The molecule has 1 aromatic heterocycles. The Hall–Kier alpha value is -9.24. The fourth-order valence-corrected chi connectivity index (χ4v) is 10.5. The predicted molar refractivity (Wildman–Crippen MR) is 296 cm³/mol. The Kier molecular flexibility index (Phi) is 10.2. The summed E-state index contributed by atoms with van der Waals surface area (Å²) in [5.41, 5.74) is 19.0. The molecule has 12 aromatic carbocycles. The van der Waals surface area contributed by atoms with Crippen molar-refractivity contribution in [1.29, 1.82) is 0 Å². The first-order valence-electron chi connectivity index (χ1n) is 24.0. The number of para-hydroxylation sites is 1. The third-order valence-corrected chi connectivity index (χ3v) is 13.9. The van der Waals surface area contributed by atoms with E-state index in [9.17, 15) is 0 Å². The molecule has 1 heterocycles. The maximum Gasteiger partial charge on any atom is 0.145 e. The van der Waals surface area contributed by atoms with Gasteiger partial charge in [-0.05, 0) is 131 Å². The van der Waals surface area contributed by atoms with Gasteiger partial charge in [-0.25, -0.2) is 0 Å². The van der Waals surface area contributed by atoms with E-state index >= 15 is 0 Å². The Morgan fingerprint density at radius 2 is 0.729 bits per heavy atom. The van der Waals surface area contributed by atoms with E-state index in [1.165, 1.54) is 66.1 Å². The second kappa shape index (κ2) is 17.4. The SMILES string of the molecule is c1ccc(-c2ccccc2-c2ccccc2-c2ccc(N(c3ccc(-c4ccc(-c5ccc6ccccc6c5)cc4)cc3)c3ccc(-c4cccc5ccccc45)c4oc5ccccc5c34)cc2)cc1. The molecule has 2 heteroatoms. The van der Waals surface area contributed by atoms with Gasteiger partial charge in [-0.3, -0.25) is 0 Å². The van der Waals surface area contributed by atoms with Crippen LogP contribution in [0.4, 0.5) is 17.1 Å². The Bertz CT molecular complexity index is 4030. The van der Waals surface area contributed by atoms with Crippen LogP contribution in [0, 0.1) is 0 Å². The summed E-state index contributed by atoms with van der Waals surface area (Å²) >= 11 is 0. The number of hydrogen-bond donors (Lipinski definition) is 0. The molecule has 0 atom stereocenters. The van der Waals surface area contributed by atoms with Crippen molar-refractivity contribution in [3.05, 3.63) is 273 Å². The molecule has 0 spiro atoms. The fraction of sp³-hybridized carbons (Fsp3) is 0. The molecule has 0 aliphatic rings. The normalized spacial score (nSPS) is 11.4. The summed E-state index contributed by atoms with van der Waals surface area (Å²) in [6.45, 7) is 0. The largest absolute Gasteiger partial charge is 0.455 e. The molecule has 0 saturated heterocycles. The van der Waals surface area contributed by atoms with Gasteiger partial charge in [-0.2, -0.15) is 0 Å². The smallest absolute Gasteiger partial charge is 0.145 e. The number of nitrogens with zero attached hydrogens (tertiary/aromatic N) is 1. The van der Waals surface area contributed by atoms with Crippen molar-refractivity contribution in [3.8, 4) is 66.8 Å². The van der Waals surface area contributed by atoms with Gasteiger partial charge in [0.25, 0.3) is 0 Å². The van der Waals surface area contributed by atoms with E-state index in [1.54, 1.807) is 0 Å². The number of hydrogen-bond acceptors (Lipinski definition) is 2. The molecule has 70 heavy (non-hydrogen) atoms. The topological polar surface area (TPSA) is 16.4 Å². The minimum absolute atomic E-state index is 0.858. The Labute approximate surface area is 407 Å². The van der Waals surface area contributed by atoms with Gasteiger partial charge in [0.15, 0.2) is 0 Å². The zero-order valence-corrected chi connectivity index (χ0v) is 38.3. The standard InChI is InChI=1S/C68H45NO/c1-2-16-50(17-3-1)57-22-8-10-24-60(57)61-25-11-9-23-59(61)52-37-41-56(42-38-52)69(55-39-35-48(36-40-55)47-29-31-49(32-30-47)54-34-33-46-15-4-5-19-53(46)45-54)65-44-43-63(62-27-14-20-51-18-6-7-21-58(51)62)68-67(65)64-26-12-13-28-66(64)70-68/h1-45H. The molecule has 0 saturated carbocycles. The minimum atomic E-state index is 0.858. The maximum absolute atomic E-state index is 6.94. The third kappa shape index (κ3) is 7.31. The lowest BCUT2D eigenvalue weighted by atomic mass is 9.89. The molecule has 0 aliphatic heterocycles. The average molecular weight is 892 g/mol. The molecule has 328 valence electrons. The van der Waals surface area contributed by atoms with Crippen molar-refractivity contribution in [1.82, 2.24) is 0 Å². The molecule has 0 unspecified atom stereocenters. The molecule has 13 aromatic rings. The first-order chi connectivity index (χ1) is 34.7. The Morgan fingerprint density at radius 3 is 1.41 bits per heavy atom. The van der Waals surface area contributed by atoms with E-state index in [1.807, 2.05) is 0 Å². The first kappa shape index (κ1) is 41.0. The third-order valence-electron chi connectivity index (χ3n) is 13.9. The highest BCUT2D eigenvalue weighted by Crippen LogP contribution is 2.48. The van der Waals surface area contributed by atoms with Gasteiger partial charge in [-0.15, -0.1) is 0 Å². The van der Waals surface area contributed by atoms with Gasteiger partial charge in [0.1, 0.15) is 11.2 Å². The molecule has 0 radical (unpaired) electrons. The van der Waals surface area contributed by atoms with Gasteiger partial charge in [-0.1, -0.05) is 224 Å². The van der Waals surface area contributed by atoms with Crippen molar-refractivity contribution < 1.29 is 4.42 Å². The minimum Gasteiger partial charge on any atom is -0.455 e. The van der Waals surface area contributed by atoms with Gasteiger partial charge < -0.3 is 9.32 Å². The van der Waals surface area contributed by atoms with Crippen LogP contribution < -0.4 is 4.90 Å². The molecular formula is C68H45NO. The van der Waals surface area contributed by atoms with Crippen LogP contribution in [0.5, 0.6) is 0 Å². The number of benzene rings is 12. The summed E-state index contributed by atoms with van der Waals surface area (Å²) < 4.78 is 6.94. The van der Waals surface area contributed by atoms with Crippen molar-refractivity contribution in [2.45, 2.75) is 0 Å². The second-order valence-corrected chi connectivity index (χ2v) is 18.0. The fourth-order valence-electron chi connectivity index (χ4n) is 10.5. The molecule has 0 amide bonds. The van der Waals surface area contributed by atoms with Crippen LogP contribution in [-0.4, -0.2) is 0 Å². The summed E-state index contributed by atoms with van der Waals surface area (Å²) in [7, 11) is 0. The zero-order chi connectivity index (χ0) is 46.4. The van der Waals surface area contributed by atoms with Crippen LogP contribution in [0.15, 0.2) is 277 Å². The number of furan rings is 1. The lowest BCUT2D eigenvalue weighted by molar-refractivity contribution is 0.670. The van der Waals surface area contributed by atoms with E-state index in [0.717, 1.165) is 61.3 Å². The van der Waals surface area contributed by atoms with Crippen LogP contribution in [0.25, 0.3) is 110 Å². The Morgan fingerprint density at radius 1 is 0.257 bits per heavy atom. The number of rotatable bonds is 9. The van der Waals surface area contributed by atoms with Gasteiger partial charge in [0.05, 0.1) is 11.1 Å². The quantitative estimate of drug-likeness (QED) is 0.144. The molecular weight excluding hydrogens is 847 g/mol. The zero-order valence-electron chi connectivity index (χ0n) is 38.3. The van der Waals surface area contributed by atoms with E-state index in [4.69, 9.17) is 4.42 Å². The molecule has 0 N–H and O–H groups in total. The monoisotopic (exact) mass is 891 g/mol. The highest BCUT2D eigenvalue weighted by atomic mass is 16.3. The van der Waals surface area contributed by atoms with Crippen molar-refractivity contribution >= 4 is 60.5 Å². The van der Waals surface area contributed by atoms with E-state index in [2.05, 4.69) is 278 Å². The van der Waals surface area contributed by atoms with Crippen LogP contribution >= 0.6 is 0 Å². The van der Waals surface area contributed by atoms with Crippen LogP contribution in [0.2, 0.25) is 0 Å². The van der Waals surface area contributed by atoms with Crippen LogP contribution in [0.1, 0.15) is 0 Å². The number of anilines is 3. The predicted octanol–water partition coefficient (Wildman–Crippen LogP) is 19.4. The molecule has 13 rings (SSSR count). The van der Waals surface area contributed by atoms with Crippen molar-refractivity contribution in [2.24, 2.45) is 0 Å². The van der Waals surface area contributed by atoms with Crippen LogP contribution in [-0.2, 0) is 0 Å². The van der Waals surface area contributed by atoms with Crippen molar-refractivity contribution in [3.63, 3.8) is 0 Å². The summed E-state index contributed by atoms with van der Waals surface area (Å²) in [5.74, 6) is 0. The average Bonchev–Trinajstić information content (AvgIpc) is 3.84. The Balaban J connectivity index is 0.939. The molecule has 2 nitrogen and oxygen atoms in total. The first-order valence-corrected chi connectivity index (χ1v) is 24.0. The maximum atomic E-state index is 6.94. The molecule has 0 bridgehead atoms. The van der Waals surface area contributed by atoms with Gasteiger partial charge in [0.2, 0.25) is 0 Å². The molecule has 0 aliphatic carbocycles.